The highest BCUT2D eigenvalue weighted by atomic mass is 32.1. The molecule has 0 bridgehead atoms. The maximum Gasteiger partial charge on any atom is 0.164 e. The SMILES string of the molecule is c1ccc(-c2cccc(-c3nc(-c4ccc5c(c4)-c4ccccc4C54c5ccccc5-c5ccccc5-c5ccccc54)nc(-c4ccc5sc6ccccc6c5c4)n3)c2)cc1.c1ccc(-c2cccc(-c3nc(-c4ccc5c(c4)C4(c6ccccc6-c6ccccc6-c6ccccc64)c4ccccc4-5)nc(-c4ccc5sc6ccccc6c5c4)n3)c2)cc1. The molecule has 4 heterocycles. The number of thiophene rings is 2. The molecule has 26 rings (SSSR count). The van der Waals surface area contributed by atoms with Crippen molar-refractivity contribution >= 4 is 63.0 Å². The first-order chi connectivity index (χ1) is 61.4. The maximum absolute atomic E-state index is 5.38. The van der Waals surface area contributed by atoms with Crippen molar-refractivity contribution in [2.45, 2.75) is 10.8 Å². The molecule has 0 saturated heterocycles. The van der Waals surface area contributed by atoms with E-state index in [1.165, 1.54) is 152 Å². The molecule has 0 aliphatic heterocycles. The standard InChI is InChI=1S/2C58H35N3S/c1-2-15-36(16-3-1)37-17-14-18-38(33-37)55-59-56(39-30-32-54-48(34-39)47-24-9-13-28-53(47)62-54)61-57(60-55)40-29-31-46-45-23-8-12-27-51(45)58(52(46)35-40)49-25-10-6-21-43(49)41-19-4-5-20-42(41)44-22-7-11-26-50(44)58;1-2-15-36(16-3-1)37-17-14-18-38(33-37)55-59-56(61-57(60-55)40-30-32-54-48(35-40)46-24-9-13-28-53(46)62-54)39-29-31-52-47(34-39)45-23-8-12-27-51(45)58(52)49-25-10-6-21-43(49)41-19-4-5-20-42(41)44-22-7-11-26-50(44)58/h2*1-35H. The highest BCUT2D eigenvalue weighted by Gasteiger charge is 2.52. The zero-order valence-electron chi connectivity index (χ0n) is 66.9. The van der Waals surface area contributed by atoms with Crippen LogP contribution in [0.3, 0.4) is 0 Å². The highest BCUT2D eigenvalue weighted by molar-refractivity contribution is 7.26. The molecule has 22 aromatic rings. The molecule has 0 fully saturated rings. The molecule has 4 aliphatic carbocycles. The fraction of sp³-hybridized carbons (Fsp3) is 0.0172. The Hall–Kier alpha value is -15.6. The van der Waals surface area contributed by atoms with Crippen molar-refractivity contribution in [2.75, 3.05) is 0 Å². The Labute approximate surface area is 724 Å². The predicted molar refractivity (Wildman–Crippen MR) is 512 cm³/mol. The molecule has 18 aromatic carbocycles. The highest BCUT2D eigenvalue weighted by Crippen LogP contribution is 2.64. The minimum atomic E-state index is -0.609. The second kappa shape index (κ2) is 28.6. The average molecular weight is 1610 g/mol. The molecule has 6 nitrogen and oxygen atoms in total. The first kappa shape index (κ1) is 71.3. The molecule has 0 atom stereocenters. The molecule has 0 unspecified atom stereocenters. The van der Waals surface area contributed by atoms with Gasteiger partial charge in [0.15, 0.2) is 34.9 Å². The van der Waals surface area contributed by atoms with Gasteiger partial charge in [0.2, 0.25) is 0 Å². The van der Waals surface area contributed by atoms with E-state index in [-0.39, 0.29) is 0 Å². The molecule has 2 spiro atoms. The summed E-state index contributed by atoms with van der Waals surface area (Å²) < 4.78 is 5.03. The number of aromatic nitrogens is 6. The molecule has 124 heavy (non-hydrogen) atoms. The van der Waals surface area contributed by atoms with E-state index in [0.717, 1.165) is 55.6 Å². The monoisotopic (exact) mass is 1610 g/mol. The van der Waals surface area contributed by atoms with Gasteiger partial charge in [0, 0.05) is 73.7 Å². The summed E-state index contributed by atoms with van der Waals surface area (Å²) in [6.07, 6.45) is 0. The van der Waals surface area contributed by atoms with Gasteiger partial charge in [-0.05, 0) is 206 Å². The Morgan fingerprint density at radius 3 is 0.782 bits per heavy atom. The number of hydrogen-bond acceptors (Lipinski definition) is 8. The number of nitrogens with zero attached hydrogens (tertiary/aromatic N) is 6. The van der Waals surface area contributed by atoms with Crippen LogP contribution in [0.2, 0.25) is 0 Å². The van der Waals surface area contributed by atoms with E-state index in [4.69, 9.17) is 29.9 Å². The van der Waals surface area contributed by atoms with Crippen LogP contribution in [0.4, 0.5) is 0 Å². The zero-order valence-corrected chi connectivity index (χ0v) is 68.5. The van der Waals surface area contributed by atoms with E-state index in [2.05, 4.69) is 425 Å². The van der Waals surface area contributed by atoms with Gasteiger partial charge in [-0.25, -0.2) is 29.9 Å². The number of fused-ring (bicyclic) bond motifs is 30. The van der Waals surface area contributed by atoms with Crippen molar-refractivity contribution in [1.29, 1.82) is 0 Å². The molecule has 0 saturated carbocycles. The van der Waals surface area contributed by atoms with Crippen LogP contribution in [0, 0.1) is 0 Å². The summed E-state index contributed by atoms with van der Waals surface area (Å²) in [5.41, 5.74) is 34.1. The minimum absolute atomic E-state index is 0.553. The molecular formula is C116H70N6S2. The van der Waals surface area contributed by atoms with Gasteiger partial charge in [-0.15, -0.1) is 22.7 Å². The second-order valence-electron chi connectivity index (χ2n) is 32.5. The molecule has 0 amide bonds. The van der Waals surface area contributed by atoms with E-state index >= 15 is 0 Å². The Balaban J connectivity index is 0.000000136. The lowest BCUT2D eigenvalue weighted by molar-refractivity contribution is 0.775. The van der Waals surface area contributed by atoms with Gasteiger partial charge in [-0.3, -0.25) is 0 Å². The van der Waals surface area contributed by atoms with Gasteiger partial charge in [-0.1, -0.05) is 352 Å². The van der Waals surface area contributed by atoms with Crippen molar-refractivity contribution in [2.24, 2.45) is 0 Å². The van der Waals surface area contributed by atoms with Crippen LogP contribution >= 0.6 is 22.7 Å². The number of benzene rings is 18. The lowest BCUT2D eigenvalue weighted by atomic mass is 9.66. The Bertz CT molecular complexity index is 8030. The summed E-state index contributed by atoms with van der Waals surface area (Å²) in [6.45, 7) is 0. The normalized spacial score (nSPS) is 13.0. The first-order valence-corrected chi connectivity index (χ1v) is 43.8. The molecule has 0 radical (unpaired) electrons. The van der Waals surface area contributed by atoms with Gasteiger partial charge in [0.05, 0.1) is 10.8 Å². The molecular weight excluding hydrogens is 1540 g/mol. The van der Waals surface area contributed by atoms with E-state index in [1.54, 1.807) is 0 Å². The van der Waals surface area contributed by atoms with Crippen LogP contribution in [0.1, 0.15) is 44.5 Å². The van der Waals surface area contributed by atoms with Crippen molar-refractivity contribution in [3.8, 4) is 157 Å². The zero-order chi connectivity index (χ0) is 81.6. The molecule has 8 heteroatoms. The van der Waals surface area contributed by atoms with Gasteiger partial charge in [0.25, 0.3) is 0 Å². The third-order valence-electron chi connectivity index (χ3n) is 25.9. The van der Waals surface area contributed by atoms with Crippen LogP contribution in [-0.2, 0) is 10.8 Å². The largest absolute Gasteiger partial charge is 0.208 e. The van der Waals surface area contributed by atoms with Crippen LogP contribution in [0.5, 0.6) is 0 Å². The first-order valence-electron chi connectivity index (χ1n) is 42.2. The lowest BCUT2D eigenvalue weighted by Crippen LogP contribution is -2.29. The quantitative estimate of drug-likeness (QED) is 0.151. The van der Waals surface area contributed by atoms with Gasteiger partial charge >= 0.3 is 0 Å². The van der Waals surface area contributed by atoms with Crippen molar-refractivity contribution in [3.05, 3.63) is 469 Å². The third-order valence-corrected chi connectivity index (χ3v) is 28.2. The smallest absolute Gasteiger partial charge is 0.164 e. The number of hydrogen-bond donors (Lipinski definition) is 0. The summed E-state index contributed by atoms with van der Waals surface area (Å²) in [4.78, 5) is 31.9. The summed E-state index contributed by atoms with van der Waals surface area (Å²) in [6, 6.07) is 154. The lowest BCUT2D eigenvalue weighted by Gasteiger charge is -2.35. The molecule has 0 N–H and O–H groups in total. The van der Waals surface area contributed by atoms with Gasteiger partial charge in [-0.2, -0.15) is 0 Å². The van der Waals surface area contributed by atoms with E-state index < -0.39 is 10.8 Å². The van der Waals surface area contributed by atoms with Crippen LogP contribution in [-0.4, -0.2) is 29.9 Å². The van der Waals surface area contributed by atoms with Crippen molar-refractivity contribution in [1.82, 2.24) is 29.9 Å². The van der Waals surface area contributed by atoms with Gasteiger partial charge in [0.1, 0.15) is 0 Å². The minimum Gasteiger partial charge on any atom is -0.208 e. The molecule has 576 valence electrons. The molecule has 4 aliphatic rings. The second-order valence-corrected chi connectivity index (χ2v) is 34.7. The van der Waals surface area contributed by atoms with E-state index in [0.29, 0.717) is 34.9 Å². The van der Waals surface area contributed by atoms with E-state index in [1.807, 2.05) is 22.7 Å². The van der Waals surface area contributed by atoms with Gasteiger partial charge < -0.3 is 0 Å². The van der Waals surface area contributed by atoms with Crippen LogP contribution in [0.25, 0.3) is 198 Å². The molecule has 4 aromatic heterocycles. The van der Waals surface area contributed by atoms with Crippen molar-refractivity contribution < 1.29 is 0 Å². The van der Waals surface area contributed by atoms with Crippen molar-refractivity contribution in [3.63, 3.8) is 0 Å². The third kappa shape index (κ3) is 11.1. The van der Waals surface area contributed by atoms with E-state index in [9.17, 15) is 0 Å². The fourth-order valence-corrected chi connectivity index (χ4v) is 22.7. The summed E-state index contributed by atoms with van der Waals surface area (Å²) in [7, 11) is 0. The van der Waals surface area contributed by atoms with Crippen LogP contribution < -0.4 is 0 Å². The topological polar surface area (TPSA) is 77.3 Å². The summed E-state index contributed by atoms with van der Waals surface area (Å²) in [5, 5.41) is 4.91. The Kier molecular flexibility index (Phi) is 16.4. The fourth-order valence-electron chi connectivity index (χ4n) is 20.6. The number of rotatable bonds is 8. The summed E-state index contributed by atoms with van der Waals surface area (Å²) in [5.74, 6) is 3.84. The Morgan fingerprint density at radius 2 is 0.387 bits per heavy atom. The maximum atomic E-state index is 5.38. The average Bonchev–Trinajstić information content (AvgIpc) is 1.52. The van der Waals surface area contributed by atoms with Crippen LogP contribution in [0.15, 0.2) is 425 Å². The Morgan fingerprint density at radius 1 is 0.137 bits per heavy atom. The predicted octanol–water partition coefficient (Wildman–Crippen LogP) is 29.8. The summed E-state index contributed by atoms with van der Waals surface area (Å²) >= 11 is 3.63.